The summed E-state index contributed by atoms with van der Waals surface area (Å²) in [5.74, 6) is -0.960. The number of Topliss-reactive ketones (excluding diaryl/α,β-unsaturated/α-hetero) is 1. The molecule has 7 heteroatoms. The lowest BCUT2D eigenvalue weighted by atomic mass is 9.98. The van der Waals surface area contributed by atoms with E-state index < -0.39 is 5.97 Å². The number of methoxy groups -OCH3 is 1. The second-order valence-electron chi connectivity index (χ2n) is 7.04. The lowest BCUT2D eigenvalue weighted by molar-refractivity contribution is -0.120. The van der Waals surface area contributed by atoms with Crippen LogP contribution in [0.25, 0.3) is 0 Å². The van der Waals surface area contributed by atoms with Crippen molar-refractivity contribution in [1.82, 2.24) is 10.3 Å². The van der Waals surface area contributed by atoms with E-state index in [2.05, 4.69) is 10.3 Å². The van der Waals surface area contributed by atoms with Crippen LogP contribution in [0.1, 0.15) is 77.6 Å². The first-order chi connectivity index (χ1) is 12.9. The summed E-state index contributed by atoms with van der Waals surface area (Å²) in [6.07, 6.45) is 7.14. The number of carbonyl (C=O) groups is 3. The summed E-state index contributed by atoms with van der Waals surface area (Å²) in [5.41, 5.74) is 1.51. The van der Waals surface area contributed by atoms with Gasteiger partial charge in [-0.3, -0.25) is 9.59 Å². The number of hydrogen-bond donors (Lipinski definition) is 2. The minimum Gasteiger partial charge on any atom is -0.465 e. The van der Waals surface area contributed by atoms with E-state index in [1.54, 1.807) is 6.92 Å². The van der Waals surface area contributed by atoms with Crippen molar-refractivity contribution in [3.63, 3.8) is 0 Å². The Balaban J connectivity index is 1.83. The SMILES string of the molecule is COC(=O)c1c(CC(=O)NCCCOC2CCCCC2)[nH]c(C(C)=O)c1C. The average Bonchev–Trinajstić information content (AvgIpc) is 2.98. The van der Waals surface area contributed by atoms with Crippen molar-refractivity contribution in [1.29, 1.82) is 0 Å². The van der Waals surface area contributed by atoms with Crippen LogP contribution in [0.2, 0.25) is 0 Å². The molecule has 0 aliphatic heterocycles. The molecular weight excluding hydrogens is 348 g/mol. The van der Waals surface area contributed by atoms with Gasteiger partial charge < -0.3 is 19.8 Å². The number of aromatic nitrogens is 1. The van der Waals surface area contributed by atoms with Gasteiger partial charge in [-0.1, -0.05) is 19.3 Å². The van der Waals surface area contributed by atoms with Crippen molar-refractivity contribution in [2.24, 2.45) is 0 Å². The molecule has 1 aliphatic rings. The Bertz CT molecular complexity index is 674. The molecule has 1 fully saturated rings. The number of H-pyrrole nitrogens is 1. The van der Waals surface area contributed by atoms with Gasteiger partial charge in [0.25, 0.3) is 0 Å². The molecule has 0 aromatic carbocycles. The van der Waals surface area contributed by atoms with Gasteiger partial charge in [0.2, 0.25) is 5.91 Å². The van der Waals surface area contributed by atoms with Crippen LogP contribution in [0.15, 0.2) is 0 Å². The van der Waals surface area contributed by atoms with Crippen LogP contribution in [0.4, 0.5) is 0 Å². The number of ketones is 1. The molecule has 7 nitrogen and oxygen atoms in total. The van der Waals surface area contributed by atoms with Gasteiger partial charge in [0.05, 0.1) is 30.9 Å². The molecule has 1 aromatic rings. The van der Waals surface area contributed by atoms with Gasteiger partial charge in [-0.25, -0.2) is 4.79 Å². The Labute approximate surface area is 160 Å². The molecule has 0 radical (unpaired) electrons. The number of aromatic amines is 1. The highest BCUT2D eigenvalue weighted by molar-refractivity contribution is 6.01. The second kappa shape index (κ2) is 10.3. The zero-order chi connectivity index (χ0) is 19.8. The summed E-state index contributed by atoms with van der Waals surface area (Å²) < 4.78 is 10.6. The molecule has 0 spiro atoms. The Morgan fingerprint density at radius 2 is 1.89 bits per heavy atom. The van der Waals surface area contributed by atoms with E-state index in [1.807, 2.05) is 0 Å². The van der Waals surface area contributed by atoms with E-state index in [0.29, 0.717) is 36.2 Å². The number of amides is 1. The third-order valence-corrected chi connectivity index (χ3v) is 4.96. The van der Waals surface area contributed by atoms with Crippen LogP contribution >= 0.6 is 0 Å². The van der Waals surface area contributed by atoms with Crippen molar-refractivity contribution in [3.05, 3.63) is 22.5 Å². The molecule has 150 valence electrons. The highest BCUT2D eigenvalue weighted by atomic mass is 16.5. The predicted molar refractivity (Wildman–Crippen MR) is 101 cm³/mol. The highest BCUT2D eigenvalue weighted by Gasteiger charge is 2.24. The topological polar surface area (TPSA) is 97.5 Å². The van der Waals surface area contributed by atoms with E-state index in [0.717, 1.165) is 19.3 Å². The number of rotatable bonds is 9. The van der Waals surface area contributed by atoms with Crippen molar-refractivity contribution >= 4 is 17.7 Å². The summed E-state index contributed by atoms with van der Waals surface area (Å²) in [5, 5.41) is 2.84. The molecule has 2 rings (SSSR count). The molecule has 1 aliphatic carbocycles. The molecule has 1 aromatic heterocycles. The van der Waals surface area contributed by atoms with Gasteiger partial charge in [0.15, 0.2) is 5.78 Å². The molecular formula is C20H30N2O5. The van der Waals surface area contributed by atoms with Crippen molar-refractivity contribution < 1.29 is 23.9 Å². The van der Waals surface area contributed by atoms with Crippen LogP contribution in [-0.4, -0.2) is 49.0 Å². The summed E-state index contributed by atoms with van der Waals surface area (Å²) in [4.78, 5) is 38.9. The largest absolute Gasteiger partial charge is 0.465 e. The van der Waals surface area contributed by atoms with E-state index in [1.165, 1.54) is 33.3 Å². The van der Waals surface area contributed by atoms with Crippen LogP contribution in [0.3, 0.4) is 0 Å². The Morgan fingerprint density at radius 3 is 2.52 bits per heavy atom. The third kappa shape index (κ3) is 5.92. The van der Waals surface area contributed by atoms with E-state index >= 15 is 0 Å². The molecule has 1 heterocycles. The van der Waals surface area contributed by atoms with Crippen molar-refractivity contribution in [3.8, 4) is 0 Å². The van der Waals surface area contributed by atoms with E-state index in [9.17, 15) is 14.4 Å². The number of carbonyl (C=O) groups excluding carboxylic acids is 3. The fourth-order valence-electron chi connectivity index (χ4n) is 3.53. The van der Waals surface area contributed by atoms with Crippen LogP contribution < -0.4 is 5.32 Å². The Morgan fingerprint density at radius 1 is 1.19 bits per heavy atom. The minimum atomic E-state index is -0.556. The van der Waals surface area contributed by atoms with Crippen LogP contribution in [0.5, 0.6) is 0 Å². The average molecular weight is 378 g/mol. The third-order valence-electron chi connectivity index (χ3n) is 4.96. The molecule has 0 bridgehead atoms. The van der Waals surface area contributed by atoms with Gasteiger partial charge in [-0.15, -0.1) is 0 Å². The fourth-order valence-corrected chi connectivity index (χ4v) is 3.53. The first kappa shape index (κ1) is 21.2. The van der Waals surface area contributed by atoms with Gasteiger partial charge >= 0.3 is 5.97 Å². The lowest BCUT2D eigenvalue weighted by Crippen LogP contribution is -2.28. The van der Waals surface area contributed by atoms with Gasteiger partial charge in [-0.05, 0) is 31.7 Å². The maximum absolute atomic E-state index is 12.2. The Hall–Kier alpha value is -2.15. The number of ether oxygens (including phenoxy) is 2. The maximum atomic E-state index is 12.2. The summed E-state index contributed by atoms with van der Waals surface area (Å²) in [6, 6.07) is 0. The molecule has 27 heavy (non-hydrogen) atoms. The quantitative estimate of drug-likeness (QED) is 0.391. The predicted octanol–water partition coefficient (Wildman–Crippen LogP) is 2.71. The van der Waals surface area contributed by atoms with E-state index in [4.69, 9.17) is 9.47 Å². The van der Waals surface area contributed by atoms with Gasteiger partial charge in [0, 0.05) is 25.8 Å². The Kier molecular flexibility index (Phi) is 8.03. The normalized spacial score (nSPS) is 14.8. The molecule has 2 N–H and O–H groups in total. The molecule has 1 amide bonds. The number of nitrogens with one attached hydrogen (secondary N) is 2. The van der Waals surface area contributed by atoms with Crippen LogP contribution in [-0.2, 0) is 20.7 Å². The first-order valence-electron chi connectivity index (χ1n) is 9.63. The summed E-state index contributed by atoms with van der Waals surface area (Å²) in [7, 11) is 1.28. The standard InChI is InChI=1S/C20H30N2O5/c1-13-18(20(25)26-3)16(22-19(13)14(2)23)12-17(24)21-10-7-11-27-15-8-5-4-6-9-15/h15,22H,4-12H2,1-3H3,(H,21,24). The molecule has 0 unspecified atom stereocenters. The minimum absolute atomic E-state index is 0.0119. The number of hydrogen-bond acceptors (Lipinski definition) is 5. The van der Waals surface area contributed by atoms with Gasteiger partial charge in [-0.2, -0.15) is 0 Å². The van der Waals surface area contributed by atoms with Crippen molar-refractivity contribution in [2.45, 2.75) is 64.9 Å². The zero-order valence-corrected chi connectivity index (χ0v) is 16.5. The lowest BCUT2D eigenvalue weighted by Gasteiger charge is -2.21. The summed E-state index contributed by atoms with van der Waals surface area (Å²) in [6.45, 7) is 4.23. The molecule has 0 atom stereocenters. The second-order valence-corrected chi connectivity index (χ2v) is 7.04. The molecule has 0 saturated heterocycles. The zero-order valence-electron chi connectivity index (χ0n) is 16.5. The van der Waals surface area contributed by atoms with E-state index in [-0.39, 0.29) is 23.7 Å². The van der Waals surface area contributed by atoms with Crippen molar-refractivity contribution in [2.75, 3.05) is 20.3 Å². The van der Waals surface area contributed by atoms with Gasteiger partial charge in [0.1, 0.15) is 0 Å². The summed E-state index contributed by atoms with van der Waals surface area (Å²) >= 11 is 0. The monoisotopic (exact) mass is 378 g/mol. The smallest absolute Gasteiger partial charge is 0.339 e. The maximum Gasteiger partial charge on any atom is 0.339 e. The highest BCUT2D eigenvalue weighted by Crippen LogP contribution is 2.21. The number of esters is 1. The van der Waals surface area contributed by atoms with Crippen LogP contribution in [0, 0.1) is 6.92 Å². The first-order valence-corrected chi connectivity index (χ1v) is 9.63. The fraction of sp³-hybridized carbons (Fsp3) is 0.650. The molecule has 1 saturated carbocycles.